The van der Waals surface area contributed by atoms with Crippen molar-refractivity contribution in [2.24, 2.45) is 0 Å². The van der Waals surface area contributed by atoms with Crippen LogP contribution in [0.3, 0.4) is 0 Å². The third-order valence-electron chi connectivity index (χ3n) is 3.97. The van der Waals surface area contributed by atoms with Crippen molar-refractivity contribution in [3.05, 3.63) is 86.9 Å². The molecule has 0 fully saturated rings. The van der Waals surface area contributed by atoms with Gasteiger partial charge in [-0.05, 0) is 48.5 Å². The summed E-state index contributed by atoms with van der Waals surface area (Å²) in [7, 11) is -3.96. The number of rotatable bonds is 7. The van der Waals surface area contributed by atoms with E-state index in [9.17, 15) is 23.3 Å². The Morgan fingerprint density at radius 2 is 1.56 bits per heavy atom. The van der Waals surface area contributed by atoms with E-state index >= 15 is 0 Å². The van der Waals surface area contributed by atoms with Crippen LogP contribution in [0, 0.1) is 10.1 Å². The second-order valence-corrected chi connectivity index (χ2v) is 8.77. The molecule has 13 heteroatoms. The average Bonchev–Trinajstić information content (AvgIpc) is 2.75. The highest BCUT2D eigenvalue weighted by molar-refractivity contribution is 7.92. The number of carbonyl (C=O) groups excluding carboxylic acids is 1. The van der Waals surface area contributed by atoms with Crippen LogP contribution in [0.1, 0.15) is 0 Å². The van der Waals surface area contributed by atoms with Crippen molar-refractivity contribution in [1.82, 2.24) is 5.43 Å². The number of carbonyl (C=O) groups is 1. The molecule has 0 atom stereocenters. The molecule has 0 saturated heterocycles. The van der Waals surface area contributed by atoms with Gasteiger partial charge in [0.05, 0.1) is 31.2 Å². The Morgan fingerprint density at radius 3 is 2.22 bits per heavy atom. The summed E-state index contributed by atoms with van der Waals surface area (Å²) in [6, 6.07) is 14.6. The number of nitrogens with one attached hydrogen (secondary N) is 4. The first-order chi connectivity index (χ1) is 15.1. The molecule has 0 bridgehead atoms. The Labute approximate surface area is 192 Å². The highest BCUT2D eigenvalue weighted by Gasteiger charge is 2.16. The van der Waals surface area contributed by atoms with Crippen LogP contribution in [0.4, 0.5) is 27.5 Å². The minimum absolute atomic E-state index is 0.0903. The van der Waals surface area contributed by atoms with Gasteiger partial charge >= 0.3 is 6.03 Å². The lowest BCUT2D eigenvalue weighted by atomic mass is 10.3. The smallest absolute Gasteiger partial charge is 0.307 e. The number of amides is 2. The number of non-ortho nitro benzene ring substituents is 1. The first-order valence-electron chi connectivity index (χ1n) is 8.79. The van der Waals surface area contributed by atoms with Gasteiger partial charge in [0.1, 0.15) is 0 Å². The number of benzene rings is 3. The van der Waals surface area contributed by atoms with Crippen LogP contribution < -0.4 is 20.9 Å². The summed E-state index contributed by atoms with van der Waals surface area (Å²) in [5.41, 5.74) is 5.68. The van der Waals surface area contributed by atoms with Crippen molar-refractivity contribution in [3.63, 3.8) is 0 Å². The second kappa shape index (κ2) is 9.73. The summed E-state index contributed by atoms with van der Waals surface area (Å²) < 4.78 is 27.7. The van der Waals surface area contributed by atoms with Gasteiger partial charge in [0.25, 0.3) is 15.7 Å². The summed E-state index contributed by atoms with van der Waals surface area (Å²) in [6.07, 6.45) is 0. The quantitative estimate of drug-likeness (QED) is 0.272. The number of sulfonamides is 1. The normalized spacial score (nSPS) is 10.8. The minimum atomic E-state index is -3.96. The van der Waals surface area contributed by atoms with Crippen LogP contribution in [-0.4, -0.2) is 19.4 Å². The topological polar surface area (TPSA) is 142 Å². The van der Waals surface area contributed by atoms with Gasteiger partial charge in [0, 0.05) is 17.8 Å². The number of nitrogens with zero attached hydrogens (tertiary/aromatic N) is 1. The SMILES string of the molecule is O=C(NNc1ccc([N+](=O)[O-])cc1)Nc1cccc(S(=O)(=O)Nc2ccc(Cl)c(Cl)c2)c1. The van der Waals surface area contributed by atoms with Crippen LogP contribution in [0.5, 0.6) is 0 Å². The molecule has 3 aromatic rings. The van der Waals surface area contributed by atoms with Gasteiger partial charge in [-0.2, -0.15) is 0 Å². The standard InChI is InChI=1S/C19H15Cl2N5O5S/c20-17-9-6-14(11-18(17)21)25-32(30,31)16-3-1-2-13(10-16)22-19(27)24-23-12-4-7-15(8-5-12)26(28)29/h1-11,23,25H,(H2,22,24,27). The highest BCUT2D eigenvalue weighted by atomic mass is 35.5. The molecule has 10 nitrogen and oxygen atoms in total. The molecular formula is C19H15Cl2N5O5S. The summed E-state index contributed by atoms with van der Waals surface area (Å²) in [6.45, 7) is 0. The lowest BCUT2D eigenvalue weighted by Crippen LogP contribution is -2.33. The zero-order chi connectivity index (χ0) is 23.3. The minimum Gasteiger partial charge on any atom is -0.307 e. The first-order valence-corrected chi connectivity index (χ1v) is 11.0. The number of halogens is 2. The van der Waals surface area contributed by atoms with Gasteiger partial charge in [-0.25, -0.2) is 13.2 Å². The molecule has 0 aliphatic rings. The lowest BCUT2D eigenvalue weighted by molar-refractivity contribution is -0.384. The predicted octanol–water partition coefficient (Wildman–Crippen LogP) is 4.85. The van der Waals surface area contributed by atoms with Crippen molar-refractivity contribution in [1.29, 1.82) is 0 Å². The molecule has 0 aliphatic heterocycles. The maximum Gasteiger partial charge on any atom is 0.337 e. The van der Waals surface area contributed by atoms with Gasteiger partial charge < -0.3 is 5.32 Å². The number of hydrazine groups is 1. The van der Waals surface area contributed by atoms with E-state index in [2.05, 4.69) is 20.9 Å². The van der Waals surface area contributed by atoms with Gasteiger partial charge in [0.2, 0.25) is 0 Å². The Kier molecular flexibility index (Phi) is 7.03. The number of nitro groups is 1. The van der Waals surface area contributed by atoms with Gasteiger partial charge in [0.15, 0.2) is 0 Å². The van der Waals surface area contributed by atoms with E-state index in [1.54, 1.807) is 0 Å². The summed E-state index contributed by atoms with van der Waals surface area (Å²) >= 11 is 11.7. The van der Waals surface area contributed by atoms with Crippen molar-refractivity contribution in [2.75, 3.05) is 15.5 Å². The van der Waals surface area contributed by atoms with E-state index in [0.717, 1.165) is 0 Å². The fraction of sp³-hybridized carbons (Fsp3) is 0. The van der Waals surface area contributed by atoms with Gasteiger partial charge in [-0.3, -0.25) is 25.7 Å². The molecule has 3 aromatic carbocycles. The van der Waals surface area contributed by atoms with Crippen LogP contribution >= 0.6 is 23.2 Å². The van der Waals surface area contributed by atoms with E-state index in [4.69, 9.17) is 23.2 Å². The maximum atomic E-state index is 12.6. The summed E-state index contributed by atoms with van der Waals surface area (Å²) in [4.78, 5) is 22.1. The predicted molar refractivity (Wildman–Crippen MR) is 123 cm³/mol. The Hall–Kier alpha value is -3.54. The Balaban J connectivity index is 1.63. The second-order valence-electron chi connectivity index (χ2n) is 6.27. The van der Waals surface area contributed by atoms with Crippen molar-refractivity contribution in [2.45, 2.75) is 4.90 Å². The number of hydrogen-bond acceptors (Lipinski definition) is 6. The zero-order valence-corrected chi connectivity index (χ0v) is 18.3. The lowest BCUT2D eigenvalue weighted by Gasteiger charge is -2.12. The third-order valence-corrected chi connectivity index (χ3v) is 6.09. The summed E-state index contributed by atoms with van der Waals surface area (Å²) in [5, 5.41) is 13.6. The van der Waals surface area contributed by atoms with E-state index in [1.165, 1.54) is 66.7 Å². The monoisotopic (exact) mass is 495 g/mol. The van der Waals surface area contributed by atoms with Crippen molar-refractivity contribution >= 4 is 62.0 Å². The van der Waals surface area contributed by atoms with Crippen LogP contribution in [0.25, 0.3) is 0 Å². The van der Waals surface area contributed by atoms with E-state index in [1.807, 2.05) is 0 Å². The van der Waals surface area contributed by atoms with Crippen molar-refractivity contribution in [3.8, 4) is 0 Å². The maximum absolute atomic E-state index is 12.6. The zero-order valence-electron chi connectivity index (χ0n) is 16.0. The molecule has 166 valence electrons. The fourth-order valence-corrected chi connectivity index (χ4v) is 3.87. The van der Waals surface area contributed by atoms with E-state index in [-0.39, 0.29) is 32.0 Å². The Morgan fingerprint density at radius 1 is 0.875 bits per heavy atom. The molecular weight excluding hydrogens is 481 g/mol. The molecule has 0 radical (unpaired) electrons. The molecule has 0 saturated carbocycles. The average molecular weight is 496 g/mol. The van der Waals surface area contributed by atoms with Crippen molar-refractivity contribution < 1.29 is 18.1 Å². The molecule has 0 aromatic heterocycles. The van der Waals surface area contributed by atoms with E-state index in [0.29, 0.717) is 5.69 Å². The molecule has 0 unspecified atom stereocenters. The number of urea groups is 1. The van der Waals surface area contributed by atoms with Crippen LogP contribution in [0.2, 0.25) is 10.0 Å². The summed E-state index contributed by atoms with van der Waals surface area (Å²) in [5.74, 6) is 0. The van der Waals surface area contributed by atoms with Gasteiger partial charge in [-0.1, -0.05) is 29.3 Å². The molecule has 0 aliphatic carbocycles. The fourth-order valence-electron chi connectivity index (χ4n) is 2.47. The third kappa shape index (κ3) is 6.00. The molecule has 0 heterocycles. The molecule has 4 N–H and O–H groups in total. The number of nitro benzene ring substituents is 1. The first kappa shape index (κ1) is 23.1. The molecule has 2 amide bonds. The Bertz CT molecular complexity index is 1270. The largest absolute Gasteiger partial charge is 0.337 e. The number of anilines is 3. The van der Waals surface area contributed by atoms with Gasteiger partial charge in [-0.15, -0.1) is 0 Å². The van der Waals surface area contributed by atoms with Crippen LogP contribution in [0.15, 0.2) is 71.6 Å². The molecule has 0 spiro atoms. The highest BCUT2D eigenvalue weighted by Crippen LogP contribution is 2.27. The molecule has 3 rings (SSSR count). The van der Waals surface area contributed by atoms with E-state index < -0.39 is 21.0 Å². The molecule has 32 heavy (non-hydrogen) atoms. The number of hydrogen-bond donors (Lipinski definition) is 4. The van der Waals surface area contributed by atoms with Crippen LogP contribution in [-0.2, 0) is 10.0 Å².